The molecule has 2 aromatic carbocycles. The van der Waals surface area contributed by atoms with Crippen LogP contribution >= 0.6 is 0 Å². The number of nitrogens with zero attached hydrogens (tertiary/aromatic N) is 2. The highest BCUT2D eigenvalue weighted by Gasteiger charge is 2.43. The van der Waals surface area contributed by atoms with Crippen LogP contribution in [0.2, 0.25) is 0 Å². The van der Waals surface area contributed by atoms with Crippen molar-refractivity contribution in [3.63, 3.8) is 0 Å². The van der Waals surface area contributed by atoms with Gasteiger partial charge in [0, 0.05) is 29.3 Å². The maximum atomic E-state index is 13.3. The molecule has 1 N–H and O–H groups in total. The molecule has 0 aliphatic carbocycles. The molecular formula is C24H27N3O3. The van der Waals surface area contributed by atoms with Crippen LogP contribution in [-0.2, 0) is 0 Å². The van der Waals surface area contributed by atoms with Gasteiger partial charge < -0.3 is 14.4 Å². The van der Waals surface area contributed by atoms with Crippen molar-refractivity contribution >= 4 is 5.91 Å². The number of H-pyrrole nitrogens is 1. The van der Waals surface area contributed by atoms with Gasteiger partial charge >= 0.3 is 0 Å². The molecule has 1 atom stereocenters. The molecule has 1 aliphatic rings. The fourth-order valence-corrected chi connectivity index (χ4v) is 4.05. The number of methoxy groups -OCH3 is 2. The van der Waals surface area contributed by atoms with Crippen LogP contribution in [0.15, 0.2) is 42.5 Å². The van der Waals surface area contributed by atoms with Crippen LogP contribution in [0.25, 0.3) is 11.3 Å². The first-order valence-electron chi connectivity index (χ1n) is 10.3. The van der Waals surface area contributed by atoms with Gasteiger partial charge in [-0.1, -0.05) is 43.2 Å². The van der Waals surface area contributed by atoms with Crippen molar-refractivity contribution in [2.75, 3.05) is 20.8 Å². The molecule has 0 radical (unpaired) electrons. The summed E-state index contributed by atoms with van der Waals surface area (Å²) in [6.07, 6.45) is 1.94. The van der Waals surface area contributed by atoms with E-state index in [0.29, 0.717) is 23.7 Å². The molecular weight excluding hydrogens is 378 g/mol. The van der Waals surface area contributed by atoms with Gasteiger partial charge in [0.15, 0.2) is 0 Å². The van der Waals surface area contributed by atoms with E-state index in [2.05, 4.69) is 36.2 Å². The molecule has 0 saturated heterocycles. The van der Waals surface area contributed by atoms with Crippen LogP contribution in [0.5, 0.6) is 11.5 Å². The van der Waals surface area contributed by atoms with E-state index in [1.807, 2.05) is 35.2 Å². The summed E-state index contributed by atoms with van der Waals surface area (Å²) in [7, 11) is 3.27. The van der Waals surface area contributed by atoms with Crippen molar-refractivity contribution in [2.24, 2.45) is 0 Å². The number of ether oxygens (including phenoxy) is 2. The van der Waals surface area contributed by atoms with Crippen LogP contribution in [0.1, 0.15) is 53.0 Å². The predicted molar refractivity (Wildman–Crippen MR) is 116 cm³/mol. The van der Waals surface area contributed by atoms with E-state index in [1.165, 1.54) is 5.56 Å². The molecule has 1 aliphatic heterocycles. The summed E-state index contributed by atoms with van der Waals surface area (Å²) in [5.74, 6) is 1.39. The van der Waals surface area contributed by atoms with E-state index in [-0.39, 0.29) is 11.9 Å². The molecule has 0 saturated carbocycles. The molecule has 3 aromatic rings. The van der Waals surface area contributed by atoms with E-state index in [0.717, 1.165) is 35.2 Å². The van der Waals surface area contributed by atoms with Crippen molar-refractivity contribution in [2.45, 2.75) is 32.7 Å². The van der Waals surface area contributed by atoms with E-state index in [1.54, 1.807) is 14.2 Å². The Balaban J connectivity index is 1.89. The average molecular weight is 405 g/mol. The van der Waals surface area contributed by atoms with Gasteiger partial charge in [0.05, 0.1) is 26.0 Å². The first-order valence-corrected chi connectivity index (χ1v) is 10.3. The summed E-state index contributed by atoms with van der Waals surface area (Å²) in [6, 6.07) is 13.7. The van der Waals surface area contributed by atoms with E-state index in [9.17, 15) is 4.79 Å². The molecule has 1 aromatic heterocycles. The molecule has 6 heteroatoms. The highest BCUT2D eigenvalue weighted by Crippen LogP contribution is 2.46. The van der Waals surface area contributed by atoms with Crippen LogP contribution < -0.4 is 9.47 Å². The van der Waals surface area contributed by atoms with Crippen LogP contribution in [-0.4, -0.2) is 41.8 Å². The third-order valence-electron chi connectivity index (χ3n) is 5.68. The normalized spacial score (nSPS) is 15.4. The number of carbonyl (C=O) groups excluding carboxylic acids is 1. The number of hydrogen-bond acceptors (Lipinski definition) is 4. The summed E-state index contributed by atoms with van der Waals surface area (Å²) in [5, 5.41) is 7.54. The Kier molecular flexibility index (Phi) is 5.48. The Labute approximate surface area is 176 Å². The summed E-state index contributed by atoms with van der Waals surface area (Å²) >= 11 is 0. The minimum atomic E-state index is -0.269. The minimum Gasteiger partial charge on any atom is -0.497 e. The van der Waals surface area contributed by atoms with Gasteiger partial charge in [-0.2, -0.15) is 5.10 Å². The highest BCUT2D eigenvalue weighted by molar-refractivity contribution is 6.00. The largest absolute Gasteiger partial charge is 0.497 e. The Bertz CT molecular complexity index is 1060. The highest BCUT2D eigenvalue weighted by atomic mass is 16.5. The molecule has 0 spiro atoms. The number of unbranched alkanes of at least 4 members (excludes halogenated alkanes) is 1. The monoisotopic (exact) mass is 405 g/mol. The fraction of sp³-hybridized carbons (Fsp3) is 0.333. The van der Waals surface area contributed by atoms with E-state index in [4.69, 9.17) is 9.47 Å². The molecule has 2 heterocycles. The second-order valence-corrected chi connectivity index (χ2v) is 7.59. The molecule has 1 unspecified atom stereocenters. The summed E-state index contributed by atoms with van der Waals surface area (Å²) in [6.45, 7) is 4.85. The molecule has 0 fully saturated rings. The number of aromatic nitrogens is 2. The van der Waals surface area contributed by atoms with Gasteiger partial charge in [0.2, 0.25) is 0 Å². The number of rotatable bonds is 7. The second-order valence-electron chi connectivity index (χ2n) is 7.59. The molecule has 0 bridgehead atoms. The third kappa shape index (κ3) is 3.32. The van der Waals surface area contributed by atoms with Crippen molar-refractivity contribution in [3.05, 3.63) is 64.8 Å². The lowest BCUT2D eigenvalue weighted by molar-refractivity contribution is 0.0740. The Morgan fingerprint density at radius 2 is 1.87 bits per heavy atom. The van der Waals surface area contributed by atoms with Gasteiger partial charge in [0.25, 0.3) is 5.91 Å². The van der Waals surface area contributed by atoms with Crippen LogP contribution in [0.3, 0.4) is 0 Å². The molecule has 6 nitrogen and oxygen atoms in total. The first-order chi connectivity index (χ1) is 14.6. The minimum absolute atomic E-state index is 0.0211. The number of fused-ring (bicyclic) bond motifs is 1. The van der Waals surface area contributed by atoms with E-state index < -0.39 is 0 Å². The van der Waals surface area contributed by atoms with Crippen molar-refractivity contribution in [1.29, 1.82) is 0 Å². The average Bonchev–Trinajstić information content (AvgIpc) is 3.31. The van der Waals surface area contributed by atoms with Gasteiger partial charge in [-0.3, -0.25) is 9.89 Å². The second kappa shape index (κ2) is 8.22. The quantitative estimate of drug-likeness (QED) is 0.616. The van der Waals surface area contributed by atoms with Gasteiger partial charge in [-0.05, 0) is 25.5 Å². The number of amides is 1. The maximum Gasteiger partial charge on any atom is 0.273 e. The lowest BCUT2D eigenvalue weighted by Gasteiger charge is -2.27. The Morgan fingerprint density at radius 1 is 1.10 bits per heavy atom. The Morgan fingerprint density at radius 3 is 2.53 bits per heavy atom. The molecule has 30 heavy (non-hydrogen) atoms. The van der Waals surface area contributed by atoms with Gasteiger partial charge in [0.1, 0.15) is 17.2 Å². The predicted octanol–water partition coefficient (Wildman–Crippen LogP) is 4.75. The lowest BCUT2D eigenvalue weighted by atomic mass is 9.95. The van der Waals surface area contributed by atoms with Crippen molar-refractivity contribution in [3.8, 4) is 22.8 Å². The van der Waals surface area contributed by atoms with E-state index >= 15 is 0 Å². The zero-order valence-electron chi connectivity index (χ0n) is 17.9. The van der Waals surface area contributed by atoms with Gasteiger partial charge in [-0.15, -0.1) is 0 Å². The first kappa shape index (κ1) is 20.0. The van der Waals surface area contributed by atoms with Crippen molar-refractivity contribution in [1.82, 2.24) is 15.1 Å². The smallest absolute Gasteiger partial charge is 0.273 e. The lowest BCUT2D eigenvalue weighted by Crippen LogP contribution is -2.30. The zero-order valence-corrected chi connectivity index (χ0v) is 17.9. The number of carbonyl (C=O) groups is 1. The fourth-order valence-electron chi connectivity index (χ4n) is 4.05. The summed E-state index contributed by atoms with van der Waals surface area (Å²) < 4.78 is 11.1. The van der Waals surface area contributed by atoms with Crippen LogP contribution in [0.4, 0.5) is 0 Å². The Hall–Kier alpha value is -3.28. The standard InChI is InChI=1S/C24H27N3O3/c1-5-6-13-27-23(18-12-11-17(29-3)14-19(18)30-4)20-21(25-26-22(20)24(27)28)16-9-7-15(2)8-10-16/h7-12,14,23H,5-6,13H2,1-4H3,(H,25,26). The van der Waals surface area contributed by atoms with Crippen molar-refractivity contribution < 1.29 is 14.3 Å². The summed E-state index contributed by atoms with van der Waals surface area (Å²) in [4.78, 5) is 15.2. The summed E-state index contributed by atoms with van der Waals surface area (Å²) in [5.41, 5.74) is 5.37. The van der Waals surface area contributed by atoms with Crippen LogP contribution in [0, 0.1) is 6.92 Å². The zero-order chi connectivity index (χ0) is 21.3. The number of nitrogens with one attached hydrogen (secondary N) is 1. The number of aryl methyl sites for hydroxylation is 1. The van der Waals surface area contributed by atoms with Gasteiger partial charge in [-0.25, -0.2) is 0 Å². The number of hydrogen-bond donors (Lipinski definition) is 1. The topological polar surface area (TPSA) is 67.5 Å². The number of aromatic amines is 1. The maximum absolute atomic E-state index is 13.3. The SMILES string of the molecule is CCCCN1C(=O)c2[nH]nc(-c3ccc(C)cc3)c2C1c1ccc(OC)cc1OC. The number of benzene rings is 2. The molecule has 4 rings (SSSR count). The third-order valence-corrected chi connectivity index (χ3v) is 5.68. The molecule has 1 amide bonds. The molecule has 156 valence electrons.